The molecule has 0 aliphatic rings. The molecule has 0 saturated carbocycles. The molecule has 0 radical (unpaired) electrons. The molecule has 1 aromatic carbocycles. The van der Waals surface area contributed by atoms with Gasteiger partial charge in [-0.05, 0) is 19.1 Å². The number of aryl methyl sites for hydroxylation is 1. The summed E-state index contributed by atoms with van der Waals surface area (Å²) in [5.74, 6) is -0.653. The molecule has 20 heavy (non-hydrogen) atoms. The van der Waals surface area contributed by atoms with Crippen LogP contribution in [-0.2, 0) is 0 Å². The van der Waals surface area contributed by atoms with Gasteiger partial charge in [-0.1, -0.05) is 18.2 Å². The third-order valence-electron chi connectivity index (χ3n) is 2.94. The van der Waals surface area contributed by atoms with Crippen LogP contribution in [0.4, 0.5) is 8.78 Å². The summed E-state index contributed by atoms with van der Waals surface area (Å²) in [6, 6.07) is 8.93. The summed E-state index contributed by atoms with van der Waals surface area (Å²) in [6.45, 7) is 1.64. The Labute approximate surface area is 111 Å². The second-order valence-corrected chi connectivity index (χ2v) is 4.28. The van der Waals surface area contributed by atoms with Crippen molar-refractivity contribution in [2.75, 3.05) is 0 Å². The fourth-order valence-electron chi connectivity index (χ4n) is 2.06. The van der Waals surface area contributed by atoms with Crippen LogP contribution in [0.1, 0.15) is 17.9 Å². The van der Waals surface area contributed by atoms with Crippen molar-refractivity contribution in [1.82, 2.24) is 19.7 Å². The first-order valence-corrected chi connectivity index (χ1v) is 5.91. The smallest absolute Gasteiger partial charge is 0.295 e. The molecule has 0 bridgehead atoms. The maximum atomic E-state index is 12.8. The van der Waals surface area contributed by atoms with Crippen LogP contribution in [0.3, 0.4) is 0 Å². The van der Waals surface area contributed by atoms with Gasteiger partial charge < -0.3 is 4.98 Å². The van der Waals surface area contributed by atoms with Crippen LogP contribution in [-0.4, -0.2) is 19.7 Å². The van der Waals surface area contributed by atoms with Crippen molar-refractivity contribution >= 4 is 11.0 Å². The zero-order valence-electron chi connectivity index (χ0n) is 10.5. The normalized spacial score (nSPS) is 11.4. The van der Waals surface area contributed by atoms with Crippen molar-refractivity contribution < 1.29 is 8.78 Å². The van der Waals surface area contributed by atoms with E-state index in [0.29, 0.717) is 11.4 Å². The largest absolute Gasteiger partial charge is 0.305 e. The van der Waals surface area contributed by atoms with Crippen LogP contribution < -0.4 is 5.56 Å². The standard InChI is InChI=1S/C13H10F2N4O/c1-7-9-12(16-11(10(14)15)17-13(9)20)19(18-7)8-5-3-2-4-6-8/h2-6,10H,1H3,(H,16,17,20). The van der Waals surface area contributed by atoms with Crippen molar-refractivity contribution in [3.05, 3.63) is 52.2 Å². The Kier molecular flexibility index (Phi) is 2.81. The summed E-state index contributed by atoms with van der Waals surface area (Å²) in [4.78, 5) is 17.8. The van der Waals surface area contributed by atoms with Gasteiger partial charge in [-0.3, -0.25) is 4.79 Å². The number of benzene rings is 1. The van der Waals surface area contributed by atoms with E-state index in [1.807, 2.05) is 6.07 Å². The first-order valence-electron chi connectivity index (χ1n) is 5.91. The summed E-state index contributed by atoms with van der Waals surface area (Å²) >= 11 is 0. The Balaban J connectivity index is 2.37. The van der Waals surface area contributed by atoms with Gasteiger partial charge in [0.2, 0.25) is 0 Å². The van der Waals surface area contributed by atoms with Crippen LogP contribution in [0, 0.1) is 6.92 Å². The fourth-order valence-corrected chi connectivity index (χ4v) is 2.06. The van der Waals surface area contributed by atoms with Crippen LogP contribution in [0.15, 0.2) is 35.1 Å². The lowest BCUT2D eigenvalue weighted by atomic mass is 10.3. The lowest BCUT2D eigenvalue weighted by Gasteiger charge is -2.03. The predicted molar refractivity (Wildman–Crippen MR) is 69.2 cm³/mol. The molecule has 0 amide bonds. The Morgan fingerprint density at radius 3 is 2.60 bits per heavy atom. The summed E-state index contributed by atoms with van der Waals surface area (Å²) in [6.07, 6.45) is -2.84. The van der Waals surface area contributed by atoms with E-state index in [1.165, 1.54) is 4.68 Å². The molecule has 2 heterocycles. The second kappa shape index (κ2) is 4.52. The lowest BCUT2D eigenvalue weighted by molar-refractivity contribution is 0.140. The monoisotopic (exact) mass is 276 g/mol. The summed E-state index contributed by atoms with van der Waals surface area (Å²) in [5, 5.41) is 4.43. The second-order valence-electron chi connectivity index (χ2n) is 4.28. The first kappa shape index (κ1) is 12.5. The highest BCUT2D eigenvalue weighted by atomic mass is 19.3. The molecule has 0 fully saturated rings. The molecule has 0 atom stereocenters. The molecule has 0 aliphatic carbocycles. The van der Waals surface area contributed by atoms with E-state index in [9.17, 15) is 13.6 Å². The number of nitrogens with one attached hydrogen (secondary N) is 1. The average Bonchev–Trinajstić information content (AvgIpc) is 2.77. The number of halogens is 2. The molecular formula is C13H10F2N4O. The first-order chi connectivity index (χ1) is 9.58. The minimum absolute atomic E-state index is 0.132. The fraction of sp³-hybridized carbons (Fsp3) is 0.154. The minimum atomic E-state index is -2.84. The van der Waals surface area contributed by atoms with Crippen molar-refractivity contribution in [3.63, 3.8) is 0 Å². The quantitative estimate of drug-likeness (QED) is 0.781. The Morgan fingerprint density at radius 2 is 1.95 bits per heavy atom. The summed E-state index contributed by atoms with van der Waals surface area (Å²) < 4.78 is 26.9. The number of fused-ring (bicyclic) bond motifs is 1. The number of H-pyrrole nitrogens is 1. The molecule has 3 rings (SSSR count). The molecule has 2 aromatic heterocycles. The number of aromatic amines is 1. The van der Waals surface area contributed by atoms with E-state index in [-0.39, 0.29) is 11.0 Å². The third kappa shape index (κ3) is 1.87. The number of hydrogen-bond acceptors (Lipinski definition) is 3. The van der Waals surface area contributed by atoms with Gasteiger partial charge in [0, 0.05) is 0 Å². The molecule has 7 heteroatoms. The molecule has 0 saturated heterocycles. The summed E-state index contributed by atoms with van der Waals surface area (Å²) in [7, 11) is 0. The van der Waals surface area contributed by atoms with Crippen molar-refractivity contribution in [3.8, 4) is 5.69 Å². The molecular weight excluding hydrogens is 266 g/mol. The van der Waals surface area contributed by atoms with Gasteiger partial charge in [-0.25, -0.2) is 18.4 Å². The Morgan fingerprint density at radius 1 is 1.25 bits per heavy atom. The van der Waals surface area contributed by atoms with Crippen LogP contribution in [0.2, 0.25) is 0 Å². The SMILES string of the molecule is Cc1nn(-c2ccccc2)c2nc(C(F)F)[nH]c(=O)c12. The van der Waals surface area contributed by atoms with E-state index >= 15 is 0 Å². The minimum Gasteiger partial charge on any atom is -0.305 e. The molecule has 0 aliphatic heterocycles. The van der Waals surface area contributed by atoms with Crippen LogP contribution >= 0.6 is 0 Å². The maximum Gasteiger partial charge on any atom is 0.295 e. The van der Waals surface area contributed by atoms with E-state index in [1.54, 1.807) is 31.2 Å². The highest BCUT2D eigenvalue weighted by Gasteiger charge is 2.18. The Hall–Kier alpha value is -2.57. The zero-order valence-corrected chi connectivity index (χ0v) is 10.5. The molecule has 0 spiro atoms. The van der Waals surface area contributed by atoms with Crippen LogP contribution in [0.25, 0.3) is 16.7 Å². The zero-order chi connectivity index (χ0) is 14.3. The van der Waals surface area contributed by atoms with Crippen molar-refractivity contribution in [1.29, 1.82) is 0 Å². The van der Waals surface area contributed by atoms with Crippen molar-refractivity contribution in [2.45, 2.75) is 13.3 Å². The van der Waals surface area contributed by atoms with Gasteiger partial charge in [0.05, 0.1) is 11.4 Å². The number of para-hydroxylation sites is 1. The number of nitrogens with zero attached hydrogens (tertiary/aromatic N) is 3. The van der Waals surface area contributed by atoms with E-state index in [2.05, 4.69) is 15.1 Å². The van der Waals surface area contributed by atoms with Gasteiger partial charge in [-0.15, -0.1) is 0 Å². The van der Waals surface area contributed by atoms with E-state index in [4.69, 9.17) is 0 Å². The maximum absolute atomic E-state index is 12.8. The molecule has 0 unspecified atom stereocenters. The molecule has 1 N–H and O–H groups in total. The van der Waals surface area contributed by atoms with E-state index < -0.39 is 17.8 Å². The van der Waals surface area contributed by atoms with Gasteiger partial charge in [0.25, 0.3) is 12.0 Å². The van der Waals surface area contributed by atoms with Crippen LogP contribution in [0.5, 0.6) is 0 Å². The van der Waals surface area contributed by atoms with Gasteiger partial charge in [0.15, 0.2) is 11.5 Å². The number of hydrogen-bond donors (Lipinski definition) is 1. The van der Waals surface area contributed by atoms with Gasteiger partial charge in [-0.2, -0.15) is 5.10 Å². The third-order valence-corrected chi connectivity index (χ3v) is 2.94. The predicted octanol–water partition coefficient (Wildman–Crippen LogP) is 2.35. The topological polar surface area (TPSA) is 63.6 Å². The van der Waals surface area contributed by atoms with Gasteiger partial charge >= 0.3 is 0 Å². The van der Waals surface area contributed by atoms with Gasteiger partial charge in [0.1, 0.15) is 5.39 Å². The number of alkyl halides is 2. The van der Waals surface area contributed by atoms with E-state index in [0.717, 1.165) is 0 Å². The number of rotatable bonds is 2. The average molecular weight is 276 g/mol. The molecule has 102 valence electrons. The highest BCUT2D eigenvalue weighted by Crippen LogP contribution is 2.20. The Bertz CT molecular complexity index is 823. The lowest BCUT2D eigenvalue weighted by Crippen LogP contribution is -2.13. The molecule has 3 aromatic rings. The highest BCUT2D eigenvalue weighted by molar-refractivity contribution is 5.78. The molecule has 5 nitrogen and oxygen atoms in total. The summed E-state index contributed by atoms with van der Waals surface area (Å²) in [5.41, 5.74) is 0.625. The number of aromatic nitrogens is 4. The van der Waals surface area contributed by atoms with Crippen molar-refractivity contribution in [2.24, 2.45) is 0 Å².